The minimum atomic E-state index is -4.22. The van der Waals surface area contributed by atoms with Crippen LogP contribution in [0.1, 0.15) is 218 Å². The van der Waals surface area contributed by atoms with Crippen LogP contribution < -0.4 is 0 Å². The average Bonchev–Trinajstić information content (AvgIpc) is 3.07. The van der Waals surface area contributed by atoms with Crippen LogP contribution in [0.3, 0.4) is 0 Å². The van der Waals surface area contributed by atoms with Crippen LogP contribution >= 0.6 is 0 Å². The first-order valence-corrected chi connectivity index (χ1v) is 22.4. The van der Waals surface area contributed by atoms with Gasteiger partial charge in [-0.1, -0.05) is 212 Å². The van der Waals surface area contributed by atoms with Crippen LogP contribution in [0, 0.1) is 0 Å². The molecule has 48 heavy (non-hydrogen) atoms. The Morgan fingerprint density at radius 2 is 0.792 bits per heavy atom. The van der Waals surface area contributed by atoms with Crippen LogP contribution in [-0.4, -0.2) is 13.0 Å². The van der Waals surface area contributed by atoms with Crippen molar-refractivity contribution in [1.82, 2.24) is 0 Å². The van der Waals surface area contributed by atoms with Gasteiger partial charge in [0, 0.05) is 0 Å². The number of benzene rings is 2. The second-order valence-corrected chi connectivity index (χ2v) is 16.4. The van der Waals surface area contributed by atoms with E-state index in [2.05, 4.69) is 32.0 Å². The third-order valence-electron chi connectivity index (χ3n) is 10.5. The zero-order chi connectivity index (χ0) is 34.5. The zero-order valence-electron chi connectivity index (χ0n) is 31.7. The highest BCUT2D eigenvalue weighted by atomic mass is 32.2. The molecule has 0 atom stereocenters. The van der Waals surface area contributed by atoms with Crippen molar-refractivity contribution in [3.63, 3.8) is 0 Å². The van der Waals surface area contributed by atoms with E-state index in [0.717, 1.165) is 35.6 Å². The third-order valence-corrected chi connectivity index (χ3v) is 11.3. The van der Waals surface area contributed by atoms with Crippen LogP contribution in [0.5, 0.6) is 0 Å². The standard InChI is InChI=1S/C44H76O3S/c1-3-5-7-9-11-13-15-17-19-21-23-25-27-29-31-33-40-35-36-42-39-43(48(45,46)47)38-41(44(42)37-40)34-32-30-28-26-24-22-20-18-16-14-12-10-8-6-4-2/h35-39H,3-34H2,1-2H3,(H,45,46,47). The summed E-state index contributed by atoms with van der Waals surface area (Å²) < 4.78 is 33.9. The molecule has 2 aromatic carbocycles. The maximum Gasteiger partial charge on any atom is 0.294 e. The van der Waals surface area contributed by atoms with Crippen molar-refractivity contribution in [3.05, 3.63) is 41.5 Å². The summed E-state index contributed by atoms with van der Waals surface area (Å²) in [5, 5.41) is 2.08. The molecule has 0 aliphatic carbocycles. The molecule has 0 saturated heterocycles. The number of unbranched alkanes of at least 4 members (excludes halogenated alkanes) is 28. The third kappa shape index (κ3) is 21.0. The lowest BCUT2D eigenvalue weighted by molar-refractivity contribution is 0.483. The molecule has 1 N–H and O–H groups in total. The fraction of sp³-hybridized carbons (Fsp3) is 0.773. The van der Waals surface area contributed by atoms with Gasteiger partial charge >= 0.3 is 0 Å². The fourth-order valence-electron chi connectivity index (χ4n) is 7.35. The maximum atomic E-state index is 12.0. The van der Waals surface area contributed by atoms with Gasteiger partial charge in [0.2, 0.25) is 0 Å². The molecule has 3 nitrogen and oxygen atoms in total. The molecule has 276 valence electrons. The van der Waals surface area contributed by atoms with Crippen LogP contribution in [-0.2, 0) is 23.0 Å². The van der Waals surface area contributed by atoms with Crippen molar-refractivity contribution in [1.29, 1.82) is 0 Å². The predicted molar refractivity (Wildman–Crippen MR) is 211 cm³/mol. The van der Waals surface area contributed by atoms with Crippen molar-refractivity contribution >= 4 is 20.9 Å². The summed E-state index contributed by atoms with van der Waals surface area (Å²) in [5.74, 6) is 0. The Bertz CT molecular complexity index is 1160. The van der Waals surface area contributed by atoms with E-state index in [1.165, 1.54) is 192 Å². The lowest BCUT2D eigenvalue weighted by Gasteiger charge is -2.12. The molecule has 0 bridgehead atoms. The van der Waals surface area contributed by atoms with E-state index in [9.17, 15) is 13.0 Å². The molecule has 4 heteroatoms. The zero-order valence-corrected chi connectivity index (χ0v) is 32.5. The number of rotatable bonds is 33. The van der Waals surface area contributed by atoms with Crippen molar-refractivity contribution in [2.24, 2.45) is 0 Å². The Hall–Kier alpha value is -1.39. The number of hydrogen-bond acceptors (Lipinski definition) is 2. The molecule has 0 unspecified atom stereocenters. The van der Waals surface area contributed by atoms with Gasteiger partial charge in [-0.3, -0.25) is 4.55 Å². The lowest BCUT2D eigenvalue weighted by Crippen LogP contribution is -2.01. The van der Waals surface area contributed by atoms with Crippen molar-refractivity contribution in [3.8, 4) is 0 Å². The molecule has 0 saturated carbocycles. The molecule has 2 rings (SSSR count). The van der Waals surface area contributed by atoms with E-state index in [-0.39, 0.29) is 4.90 Å². The molecule has 0 radical (unpaired) electrons. The number of aryl methyl sites for hydroxylation is 2. The molecule has 2 aromatic rings. The topological polar surface area (TPSA) is 54.4 Å². The molecule has 0 aliphatic heterocycles. The number of hydrogen-bond donors (Lipinski definition) is 1. The van der Waals surface area contributed by atoms with Crippen LogP contribution in [0.25, 0.3) is 10.8 Å². The number of fused-ring (bicyclic) bond motifs is 1. The summed E-state index contributed by atoms with van der Waals surface area (Å²) in [6.45, 7) is 4.57. The Morgan fingerprint density at radius 1 is 0.438 bits per heavy atom. The van der Waals surface area contributed by atoms with Crippen LogP contribution in [0.2, 0.25) is 0 Å². The highest BCUT2D eigenvalue weighted by Gasteiger charge is 2.14. The molecule has 0 spiro atoms. The highest BCUT2D eigenvalue weighted by molar-refractivity contribution is 7.85. The van der Waals surface area contributed by atoms with Gasteiger partial charge in [-0.2, -0.15) is 8.42 Å². The van der Waals surface area contributed by atoms with Crippen molar-refractivity contribution < 1.29 is 13.0 Å². The largest absolute Gasteiger partial charge is 0.294 e. The highest BCUT2D eigenvalue weighted by Crippen LogP contribution is 2.28. The first-order valence-electron chi connectivity index (χ1n) is 21.0. The summed E-state index contributed by atoms with van der Waals surface area (Å²) in [6, 6.07) is 9.85. The van der Waals surface area contributed by atoms with Crippen LogP contribution in [0.15, 0.2) is 35.2 Å². The smallest absolute Gasteiger partial charge is 0.282 e. The van der Waals surface area contributed by atoms with E-state index in [1.807, 2.05) is 0 Å². The Morgan fingerprint density at radius 3 is 1.17 bits per heavy atom. The molecular formula is C44H76O3S. The minimum Gasteiger partial charge on any atom is -0.282 e. The SMILES string of the molecule is CCCCCCCCCCCCCCCCCc1ccc2cc(S(=O)(=O)O)cc(CCCCCCCCCCCCCCCCC)c2c1. The van der Waals surface area contributed by atoms with Gasteiger partial charge in [0.15, 0.2) is 0 Å². The van der Waals surface area contributed by atoms with Gasteiger partial charge in [0.1, 0.15) is 0 Å². The molecule has 0 aliphatic rings. The first kappa shape index (κ1) is 42.8. The molecular weight excluding hydrogens is 609 g/mol. The van der Waals surface area contributed by atoms with Gasteiger partial charge < -0.3 is 0 Å². The van der Waals surface area contributed by atoms with E-state index in [1.54, 1.807) is 12.1 Å². The summed E-state index contributed by atoms with van der Waals surface area (Å²) in [5.41, 5.74) is 2.41. The summed E-state index contributed by atoms with van der Waals surface area (Å²) in [4.78, 5) is 0.0288. The second kappa shape index (κ2) is 28.3. The van der Waals surface area contributed by atoms with Gasteiger partial charge in [0.25, 0.3) is 10.1 Å². The second-order valence-electron chi connectivity index (χ2n) is 15.0. The maximum absolute atomic E-state index is 12.0. The quantitative estimate of drug-likeness (QED) is 0.0601. The molecule has 0 aromatic heterocycles. The minimum absolute atomic E-state index is 0.0288. The summed E-state index contributed by atoms with van der Waals surface area (Å²) in [7, 11) is -4.22. The molecule has 0 heterocycles. The molecule has 0 amide bonds. The van der Waals surface area contributed by atoms with Crippen LogP contribution in [0.4, 0.5) is 0 Å². The Balaban J connectivity index is 1.64. The summed E-state index contributed by atoms with van der Waals surface area (Å²) in [6.07, 6.45) is 42.7. The van der Waals surface area contributed by atoms with E-state index < -0.39 is 10.1 Å². The van der Waals surface area contributed by atoms with Crippen molar-refractivity contribution in [2.75, 3.05) is 0 Å². The van der Waals surface area contributed by atoms with Gasteiger partial charge in [-0.05, 0) is 59.7 Å². The fourth-order valence-corrected chi connectivity index (χ4v) is 7.92. The predicted octanol–water partition coefficient (Wildman–Crippen LogP) is 14.9. The first-order chi connectivity index (χ1) is 23.5. The lowest BCUT2D eigenvalue weighted by atomic mass is 9.95. The Kier molecular flexibility index (Phi) is 25.2. The molecule has 0 fully saturated rings. The van der Waals surface area contributed by atoms with Gasteiger partial charge in [-0.15, -0.1) is 0 Å². The van der Waals surface area contributed by atoms with Gasteiger partial charge in [-0.25, -0.2) is 0 Å². The van der Waals surface area contributed by atoms with Gasteiger partial charge in [0.05, 0.1) is 4.90 Å². The average molecular weight is 685 g/mol. The van der Waals surface area contributed by atoms with E-state index in [0.29, 0.717) is 0 Å². The van der Waals surface area contributed by atoms with E-state index >= 15 is 0 Å². The Labute approximate surface area is 298 Å². The van der Waals surface area contributed by atoms with E-state index in [4.69, 9.17) is 0 Å². The van der Waals surface area contributed by atoms with Crippen molar-refractivity contribution in [2.45, 2.75) is 224 Å². The monoisotopic (exact) mass is 685 g/mol. The summed E-state index contributed by atoms with van der Waals surface area (Å²) >= 11 is 0. The normalized spacial score (nSPS) is 12.0.